The van der Waals surface area contributed by atoms with E-state index in [9.17, 15) is 9.59 Å². The van der Waals surface area contributed by atoms with Crippen molar-refractivity contribution in [3.63, 3.8) is 0 Å². The summed E-state index contributed by atoms with van der Waals surface area (Å²) in [4.78, 5) is 28.5. The molecule has 0 radical (unpaired) electrons. The van der Waals surface area contributed by atoms with E-state index >= 15 is 0 Å². The highest BCUT2D eigenvalue weighted by molar-refractivity contribution is 6.32. The van der Waals surface area contributed by atoms with Gasteiger partial charge in [-0.2, -0.15) is 5.10 Å². The molecule has 3 heterocycles. The zero-order chi connectivity index (χ0) is 19.0. The highest BCUT2D eigenvalue weighted by Gasteiger charge is 2.18. The molecule has 1 aromatic carbocycles. The lowest BCUT2D eigenvalue weighted by Gasteiger charge is -2.02. The molecular formula is C18H13ClN4O4. The highest BCUT2D eigenvalue weighted by Crippen LogP contribution is 2.28. The first kappa shape index (κ1) is 17.0. The fourth-order valence-corrected chi connectivity index (χ4v) is 2.99. The average molecular weight is 385 g/mol. The molecule has 0 fully saturated rings. The number of esters is 1. The first-order valence-electron chi connectivity index (χ1n) is 7.94. The monoisotopic (exact) mass is 384 g/mol. The van der Waals surface area contributed by atoms with Crippen LogP contribution in [0.4, 0.5) is 0 Å². The predicted octanol–water partition coefficient (Wildman–Crippen LogP) is 2.85. The number of fused-ring (bicyclic) bond motifs is 2. The second-order valence-electron chi connectivity index (χ2n) is 5.70. The third-order valence-electron chi connectivity index (χ3n) is 3.97. The molecule has 0 bridgehead atoms. The molecule has 27 heavy (non-hydrogen) atoms. The summed E-state index contributed by atoms with van der Waals surface area (Å²) in [5.41, 5.74) is 1.46. The number of nitrogens with zero attached hydrogens (tertiary/aromatic N) is 3. The SMILES string of the molecule is COC(=O)c1cc(Cl)cc2cc(CNC(=O)c3cnc4cccnn34)oc12. The fourth-order valence-electron chi connectivity index (χ4n) is 2.76. The van der Waals surface area contributed by atoms with Crippen LogP contribution in [0, 0.1) is 0 Å². The molecule has 0 atom stereocenters. The number of hydrogen-bond acceptors (Lipinski definition) is 6. The van der Waals surface area contributed by atoms with Crippen LogP contribution in [-0.4, -0.2) is 33.6 Å². The first-order valence-corrected chi connectivity index (χ1v) is 8.32. The van der Waals surface area contributed by atoms with Crippen LogP contribution in [-0.2, 0) is 11.3 Å². The number of nitrogens with one attached hydrogen (secondary N) is 1. The second kappa shape index (κ2) is 6.73. The van der Waals surface area contributed by atoms with E-state index in [0.717, 1.165) is 0 Å². The summed E-state index contributed by atoms with van der Waals surface area (Å²) in [5.74, 6) is -0.440. The fraction of sp³-hybridized carbons (Fsp3) is 0.111. The number of benzene rings is 1. The van der Waals surface area contributed by atoms with E-state index in [4.69, 9.17) is 20.8 Å². The van der Waals surface area contributed by atoms with Gasteiger partial charge in [-0.05, 0) is 30.3 Å². The smallest absolute Gasteiger partial charge is 0.341 e. The summed E-state index contributed by atoms with van der Waals surface area (Å²) < 4.78 is 11.9. The van der Waals surface area contributed by atoms with Gasteiger partial charge in [0, 0.05) is 16.6 Å². The largest absolute Gasteiger partial charge is 0.465 e. The number of halogens is 1. The highest BCUT2D eigenvalue weighted by atomic mass is 35.5. The Balaban J connectivity index is 1.59. The van der Waals surface area contributed by atoms with E-state index in [0.29, 0.717) is 33.1 Å². The summed E-state index contributed by atoms with van der Waals surface area (Å²) in [6, 6.07) is 8.35. The van der Waals surface area contributed by atoms with E-state index in [1.807, 2.05) is 0 Å². The minimum absolute atomic E-state index is 0.117. The number of imidazole rings is 1. The molecule has 0 unspecified atom stereocenters. The maximum atomic E-state index is 12.4. The summed E-state index contributed by atoms with van der Waals surface area (Å²) in [7, 11) is 1.28. The van der Waals surface area contributed by atoms with E-state index in [1.165, 1.54) is 23.9 Å². The molecule has 3 aromatic heterocycles. The lowest BCUT2D eigenvalue weighted by molar-refractivity contribution is 0.0601. The Kier molecular flexibility index (Phi) is 4.25. The van der Waals surface area contributed by atoms with Crippen molar-refractivity contribution in [3.05, 3.63) is 64.8 Å². The number of methoxy groups -OCH3 is 1. The van der Waals surface area contributed by atoms with E-state index < -0.39 is 5.97 Å². The van der Waals surface area contributed by atoms with Gasteiger partial charge in [-0.1, -0.05) is 11.6 Å². The van der Waals surface area contributed by atoms with Crippen LogP contribution in [0.2, 0.25) is 5.02 Å². The van der Waals surface area contributed by atoms with Crippen molar-refractivity contribution in [2.75, 3.05) is 7.11 Å². The average Bonchev–Trinajstić information content (AvgIpc) is 3.28. The van der Waals surface area contributed by atoms with Crippen molar-refractivity contribution in [2.45, 2.75) is 6.54 Å². The van der Waals surface area contributed by atoms with Crippen molar-refractivity contribution in [3.8, 4) is 0 Å². The second-order valence-corrected chi connectivity index (χ2v) is 6.13. The minimum Gasteiger partial charge on any atom is -0.465 e. The van der Waals surface area contributed by atoms with Crippen LogP contribution < -0.4 is 5.32 Å². The number of amides is 1. The van der Waals surface area contributed by atoms with Gasteiger partial charge in [0.1, 0.15) is 22.6 Å². The maximum Gasteiger partial charge on any atom is 0.341 e. The zero-order valence-electron chi connectivity index (χ0n) is 14.1. The van der Waals surface area contributed by atoms with Crippen molar-refractivity contribution >= 4 is 40.1 Å². The molecule has 8 nitrogen and oxygen atoms in total. The quantitative estimate of drug-likeness (QED) is 0.543. The zero-order valence-corrected chi connectivity index (χ0v) is 14.9. The van der Waals surface area contributed by atoms with Gasteiger partial charge < -0.3 is 14.5 Å². The number of carbonyl (C=O) groups is 2. The Hall–Kier alpha value is -3.39. The van der Waals surface area contributed by atoms with Gasteiger partial charge in [0.2, 0.25) is 0 Å². The number of furan rings is 1. The van der Waals surface area contributed by atoms with Crippen molar-refractivity contribution in [1.82, 2.24) is 19.9 Å². The van der Waals surface area contributed by atoms with Crippen LogP contribution in [0.5, 0.6) is 0 Å². The van der Waals surface area contributed by atoms with Crippen molar-refractivity contribution in [1.29, 1.82) is 0 Å². The molecule has 4 aromatic rings. The molecule has 0 saturated carbocycles. The summed E-state index contributed by atoms with van der Waals surface area (Å²) in [5, 5.41) is 7.88. The molecule has 0 aliphatic heterocycles. The van der Waals surface area contributed by atoms with E-state index in [-0.39, 0.29) is 18.0 Å². The molecule has 0 spiro atoms. The van der Waals surface area contributed by atoms with E-state index in [2.05, 4.69) is 15.4 Å². The van der Waals surface area contributed by atoms with Crippen molar-refractivity contribution in [2.24, 2.45) is 0 Å². The molecule has 1 amide bonds. The van der Waals surface area contributed by atoms with Crippen LogP contribution in [0.1, 0.15) is 26.6 Å². The Morgan fingerprint density at radius 3 is 3.00 bits per heavy atom. The molecule has 9 heteroatoms. The molecule has 4 rings (SSSR count). The lowest BCUT2D eigenvalue weighted by atomic mass is 10.1. The number of ether oxygens (including phenoxy) is 1. The van der Waals surface area contributed by atoms with Gasteiger partial charge in [-0.3, -0.25) is 4.79 Å². The van der Waals surface area contributed by atoms with Crippen molar-refractivity contribution < 1.29 is 18.7 Å². The number of rotatable bonds is 4. The van der Waals surface area contributed by atoms with Gasteiger partial charge in [0.15, 0.2) is 5.65 Å². The topological polar surface area (TPSA) is 98.7 Å². The van der Waals surface area contributed by atoms with Gasteiger partial charge in [0.05, 0.1) is 19.9 Å². The van der Waals surface area contributed by atoms with Crippen LogP contribution in [0.15, 0.2) is 47.1 Å². The normalized spacial score (nSPS) is 11.0. The van der Waals surface area contributed by atoms with Crippen LogP contribution in [0.25, 0.3) is 16.6 Å². The van der Waals surface area contributed by atoms with Crippen LogP contribution >= 0.6 is 11.6 Å². The van der Waals surface area contributed by atoms with Gasteiger partial charge in [0.25, 0.3) is 5.91 Å². The lowest BCUT2D eigenvalue weighted by Crippen LogP contribution is -2.24. The Morgan fingerprint density at radius 2 is 2.19 bits per heavy atom. The van der Waals surface area contributed by atoms with Gasteiger partial charge in [-0.15, -0.1) is 0 Å². The predicted molar refractivity (Wildman–Crippen MR) is 96.7 cm³/mol. The summed E-state index contributed by atoms with van der Waals surface area (Å²) in [6.07, 6.45) is 3.02. The van der Waals surface area contributed by atoms with E-state index in [1.54, 1.807) is 30.5 Å². The molecule has 136 valence electrons. The molecular weight excluding hydrogens is 372 g/mol. The van der Waals surface area contributed by atoms with Gasteiger partial charge >= 0.3 is 5.97 Å². The first-order chi connectivity index (χ1) is 13.1. The Morgan fingerprint density at radius 1 is 1.33 bits per heavy atom. The number of aromatic nitrogens is 3. The molecule has 0 aliphatic carbocycles. The molecule has 0 saturated heterocycles. The number of hydrogen-bond donors (Lipinski definition) is 1. The Bertz CT molecular complexity index is 1180. The third kappa shape index (κ3) is 3.11. The third-order valence-corrected chi connectivity index (χ3v) is 4.19. The molecule has 0 aliphatic rings. The number of carbonyl (C=O) groups excluding carboxylic acids is 2. The minimum atomic E-state index is -0.552. The van der Waals surface area contributed by atoms with Gasteiger partial charge in [-0.25, -0.2) is 14.3 Å². The summed E-state index contributed by atoms with van der Waals surface area (Å²) in [6.45, 7) is 0.117. The Labute approximate surface area is 157 Å². The summed E-state index contributed by atoms with van der Waals surface area (Å²) >= 11 is 6.05. The molecule has 1 N–H and O–H groups in total. The standard InChI is InChI=1S/C18H13ClN4O4/c1-26-18(25)13-7-11(19)5-10-6-12(27-16(10)13)8-21-17(24)14-9-20-15-3-2-4-22-23(14)15/h2-7,9H,8H2,1H3,(H,21,24). The van der Waals surface area contributed by atoms with Crippen LogP contribution in [0.3, 0.4) is 0 Å². The maximum absolute atomic E-state index is 12.4.